The topological polar surface area (TPSA) is 102 Å². The molecule has 2 fully saturated rings. The zero-order valence-electron chi connectivity index (χ0n) is 18.3. The highest BCUT2D eigenvalue weighted by atomic mass is 32.2. The lowest BCUT2D eigenvalue weighted by molar-refractivity contribution is 0.281. The van der Waals surface area contributed by atoms with Crippen LogP contribution in [0.1, 0.15) is 68.8 Å². The Labute approximate surface area is 183 Å². The standard InChI is InChI=1S/C21H32N6O3S/c1-16-15-17(2)26(22-16)20-11-12-21(28)27(23-20)19-9-7-18(8-10-19)24-31(29,30)25-13-5-3-4-6-14-25/h11-12,15,18-19,24H,3-10,13-14H2,1-2H3. The quantitative estimate of drug-likeness (QED) is 0.756. The van der Waals surface area contributed by atoms with Gasteiger partial charge in [0.1, 0.15) is 0 Å². The monoisotopic (exact) mass is 448 g/mol. The second kappa shape index (κ2) is 9.22. The van der Waals surface area contributed by atoms with E-state index in [0.717, 1.165) is 37.1 Å². The Morgan fingerprint density at radius 1 is 0.968 bits per heavy atom. The van der Waals surface area contributed by atoms with Crippen molar-refractivity contribution < 1.29 is 8.42 Å². The molecule has 0 atom stereocenters. The molecule has 4 rings (SSSR count). The molecule has 10 heteroatoms. The number of rotatable bonds is 5. The average Bonchev–Trinajstić information content (AvgIpc) is 2.93. The first-order valence-corrected chi connectivity index (χ1v) is 12.7. The maximum atomic E-state index is 12.8. The zero-order valence-corrected chi connectivity index (χ0v) is 19.1. The molecule has 1 aliphatic heterocycles. The van der Waals surface area contributed by atoms with Gasteiger partial charge in [-0.05, 0) is 64.5 Å². The number of hydrogen-bond donors (Lipinski definition) is 1. The third-order valence-electron chi connectivity index (χ3n) is 6.30. The molecule has 2 aromatic rings. The van der Waals surface area contributed by atoms with Crippen molar-refractivity contribution in [3.63, 3.8) is 0 Å². The van der Waals surface area contributed by atoms with Gasteiger partial charge >= 0.3 is 0 Å². The number of nitrogens with zero attached hydrogens (tertiary/aromatic N) is 5. The van der Waals surface area contributed by atoms with Crippen LogP contribution >= 0.6 is 0 Å². The van der Waals surface area contributed by atoms with Gasteiger partial charge in [0.15, 0.2) is 5.82 Å². The van der Waals surface area contributed by atoms with E-state index in [-0.39, 0.29) is 17.6 Å². The van der Waals surface area contributed by atoms with E-state index in [4.69, 9.17) is 0 Å². The summed E-state index contributed by atoms with van der Waals surface area (Å²) in [6.07, 6.45) is 6.83. The van der Waals surface area contributed by atoms with Gasteiger partial charge in [0.25, 0.3) is 15.8 Å². The fraction of sp³-hybridized carbons (Fsp3) is 0.667. The minimum atomic E-state index is -3.45. The Balaban J connectivity index is 1.42. The van der Waals surface area contributed by atoms with Crippen molar-refractivity contribution in [2.75, 3.05) is 13.1 Å². The van der Waals surface area contributed by atoms with Gasteiger partial charge in [-0.15, -0.1) is 5.10 Å². The second-order valence-corrected chi connectivity index (χ2v) is 10.5. The molecule has 0 bridgehead atoms. The van der Waals surface area contributed by atoms with E-state index in [1.165, 1.54) is 6.07 Å². The van der Waals surface area contributed by atoms with Gasteiger partial charge in [-0.1, -0.05) is 12.8 Å². The molecule has 0 radical (unpaired) electrons. The molecule has 1 aliphatic carbocycles. The Morgan fingerprint density at radius 2 is 1.65 bits per heavy atom. The van der Waals surface area contributed by atoms with Crippen molar-refractivity contribution in [1.29, 1.82) is 0 Å². The van der Waals surface area contributed by atoms with E-state index in [0.29, 0.717) is 44.6 Å². The summed E-state index contributed by atoms with van der Waals surface area (Å²) in [6.45, 7) is 5.08. The predicted molar refractivity (Wildman–Crippen MR) is 118 cm³/mol. The molecule has 2 aliphatic rings. The Morgan fingerprint density at radius 3 is 2.26 bits per heavy atom. The molecule has 0 aromatic carbocycles. The molecule has 0 amide bonds. The van der Waals surface area contributed by atoms with Crippen LogP contribution in [0, 0.1) is 13.8 Å². The maximum absolute atomic E-state index is 12.8. The SMILES string of the molecule is Cc1cc(C)n(-c2ccc(=O)n(C3CCC(NS(=O)(=O)N4CCCCCC4)CC3)n2)n1. The molecule has 2 aromatic heterocycles. The van der Waals surface area contributed by atoms with Crippen LogP contribution in [-0.2, 0) is 10.2 Å². The summed E-state index contributed by atoms with van der Waals surface area (Å²) < 4.78 is 33.4. The van der Waals surface area contributed by atoms with E-state index in [2.05, 4.69) is 14.9 Å². The Kier molecular flexibility index (Phi) is 6.59. The van der Waals surface area contributed by atoms with E-state index in [9.17, 15) is 13.2 Å². The molecule has 0 spiro atoms. The smallest absolute Gasteiger partial charge is 0.268 e. The normalized spacial score (nSPS) is 23.5. The third-order valence-corrected chi connectivity index (χ3v) is 7.98. The molecule has 3 heterocycles. The van der Waals surface area contributed by atoms with Crippen LogP contribution in [0.15, 0.2) is 23.0 Å². The van der Waals surface area contributed by atoms with E-state index >= 15 is 0 Å². The van der Waals surface area contributed by atoms with Crippen molar-refractivity contribution in [2.24, 2.45) is 0 Å². The lowest BCUT2D eigenvalue weighted by Crippen LogP contribution is -2.47. The van der Waals surface area contributed by atoms with Crippen molar-refractivity contribution >= 4 is 10.2 Å². The molecule has 170 valence electrons. The van der Waals surface area contributed by atoms with Gasteiger partial charge in [0.2, 0.25) is 0 Å². The molecule has 1 N–H and O–H groups in total. The largest absolute Gasteiger partial charge is 0.279 e. The van der Waals surface area contributed by atoms with Crippen LogP contribution in [0.2, 0.25) is 0 Å². The van der Waals surface area contributed by atoms with Gasteiger partial charge < -0.3 is 0 Å². The zero-order chi connectivity index (χ0) is 22.0. The maximum Gasteiger partial charge on any atom is 0.279 e. The van der Waals surface area contributed by atoms with Crippen LogP contribution < -0.4 is 10.3 Å². The van der Waals surface area contributed by atoms with E-state index in [1.807, 2.05) is 19.9 Å². The van der Waals surface area contributed by atoms with Crippen molar-refractivity contribution in [2.45, 2.75) is 77.3 Å². The minimum absolute atomic E-state index is 0.0386. The molecule has 9 nitrogen and oxygen atoms in total. The Hall–Kier alpha value is -2.04. The predicted octanol–water partition coefficient (Wildman–Crippen LogP) is 2.24. The molecule has 0 unspecified atom stereocenters. The molecular weight excluding hydrogens is 416 g/mol. The molecule has 31 heavy (non-hydrogen) atoms. The van der Waals surface area contributed by atoms with Crippen LogP contribution in [-0.4, -0.2) is 51.4 Å². The van der Waals surface area contributed by atoms with Gasteiger partial charge in [-0.3, -0.25) is 4.79 Å². The van der Waals surface area contributed by atoms with Crippen LogP contribution in [0.3, 0.4) is 0 Å². The summed E-state index contributed by atoms with van der Waals surface area (Å²) in [5.74, 6) is 0.620. The highest BCUT2D eigenvalue weighted by molar-refractivity contribution is 7.87. The fourth-order valence-electron chi connectivity index (χ4n) is 4.66. The van der Waals surface area contributed by atoms with Crippen molar-refractivity contribution in [3.05, 3.63) is 39.9 Å². The number of nitrogens with one attached hydrogen (secondary N) is 1. The number of aromatic nitrogens is 4. The minimum Gasteiger partial charge on any atom is -0.268 e. The summed E-state index contributed by atoms with van der Waals surface area (Å²) in [4.78, 5) is 12.5. The van der Waals surface area contributed by atoms with E-state index < -0.39 is 10.2 Å². The summed E-state index contributed by atoms with van der Waals surface area (Å²) in [7, 11) is -3.45. The fourth-order valence-corrected chi connectivity index (χ4v) is 6.20. The lowest BCUT2D eigenvalue weighted by atomic mass is 9.92. The highest BCUT2D eigenvalue weighted by Crippen LogP contribution is 2.28. The first-order valence-electron chi connectivity index (χ1n) is 11.2. The highest BCUT2D eigenvalue weighted by Gasteiger charge is 2.30. The summed E-state index contributed by atoms with van der Waals surface area (Å²) in [5.41, 5.74) is 1.72. The summed E-state index contributed by atoms with van der Waals surface area (Å²) in [5, 5.41) is 9.04. The van der Waals surface area contributed by atoms with Gasteiger partial charge in [0, 0.05) is 30.9 Å². The van der Waals surface area contributed by atoms with Crippen LogP contribution in [0.25, 0.3) is 5.82 Å². The molecular formula is C21H32N6O3S. The summed E-state index contributed by atoms with van der Waals surface area (Å²) in [6, 6.07) is 5.06. The lowest BCUT2D eigenvalue weighted by Gasteiger charge is -2.31. The summed E-state index contributed by atoms with van der Waals surface area (Å²) >= 11 is 0. The third kappa shape index (κ3) is 5.07. The molecule has 1 saturated carbocycles. The number of hydrogen-bond acceptors (Lipinski definition) is 5. The van der Waals surface area contributed by atoms with Gasteiger partial charge in [-0.2, -0.15) is 22.5 Å². The first-order chi connectivity index (χ1) is 14.8. The van der Waals surface area contributed by atoms with E-state index in [1.54, 1.807) is 19.7 Å². The van der Waals surface area contributed by atoms with Crippen molar-refractivity contribution in [1.82, 2.24) is 28.6 Å². The van der Waals surface area contributed by atoms with Gasteiger partial charge in [0.05, 0.1) is 11.7 Å². The van der Waals surface area contributed by atoms with Crippen LogP contribution in [0.5, 0.6) is 0 Å². The first kappa shape index (κ1) is 22.2. The second-order valence-electron chi connectivity index (χ2n) is 8.75. The van der Waals surface area contributed by atoms with Crippen LogP contribution in [0.4, 0.5) is 0 Å². The van der Waals surface area contributed by atoms with Gasteiger partial charge in [-0.25, -0.2) is 9.36 Å². The Bertz CT molecular complexity index is 1060. The van der Waals surface area contributed by atoms with Crippen molar-refractivity contribution in [3.8, 4) is 5.82 Å². The number of aryl methyl sites for hydroxylation is 2. The average molecular weight is 449 g/mol. The molecule has 1 saturated heterocycles.